The molecule has 0 amide bonds. The minimum absolute atomic E-state index is 0.00520. The first kappa shape index (κ1) is 32.1. The molecule has 4 atom stereocenters. The lowest BCUT2D eigenvalue weighted by Gasteiger charge is -2.33. The highest BCUT2D eigenvalue weighted by atomic mass is 16.6. The zero-order chi connectivity index (χ0) is 28.7. The summed E-state index contributed by atoms with van der Waals surface area (Å²) >= 11 is 0. The van der Waals surface area contributed by atoms with Gasteiger partial charge in [0.2, 0.25) is 0 Å². The van der Waals surface area contributed by atoms with Gasteiger partial charge < -0.3 is 25.1 Å². The van der Waals surface area contributed by atoms with E-state index < -0.39 is 53.3 Å². The Balaban J connectivity index is 3.48. The minimum Gasteiger partial charge on any atom is -0.480 e. The Morgan fingerprint density at radius 2 is 1.35 bits per heavy atom. The van der Waals surface area contributed by atoms with Crippen molar-refractivity contribution < 1.29 is 38.5 Å². The second kappa shape index (κ2) is 13.6. The Hall–Kier alpha value is -2.94. The molecule has 0 radical (unpaired) electrons. The molecule has 0 bridgehead atoms. The van der Waals surface area contributed by atoms with Gasteiger partial charge in [0.05, 0.1) is 5.41 Å². The Bertz CT molecular complexity index is 963. The van der Waals surface area contributed by atoms with Crippen LogP contribution in [0.1, 0.15) is 86.6 Å². The lowest BCUT2D eigenvalue weighted by molar-refractivity contribution is -0.160. The molecule has 3 unspecified atom stereocenters. The maximum Gasteiger partial charge on any atom is 0.321 e. The first-order chi connectivity index (χ1) is 16.9. The molecule has 0 heterocycles. The van der Waals surface area contributed by atoms with Crippen molar-refractivity contribution in [2.24, 2.45) is 28.9 Å². The molecule has 1 rings (SSSR count). The van der Waals surface area contributed by atoms with Crippen molar-refractivity contribution in [1.29, 1.82) is 0 Å². The summed E-state index contributed by atoms with van der Waals surface area (Å²) in [6, 6.07) is 3.17. The van der Waals surface area contributed by atoms with Crippen LogP contribution in [0.15, 0.2) is 18.2 Å². The molecule has 208 valence electrons. The number of ether oxygens (including phenoxy) is 3. The lowest BCUT2D eigenvalue weighted by Crippen LogP contribution is -2.43. The molecule has 0 aliphatic rings. The monoisotopic (exact) mass is 521 g/mol. The quantitative estimate of drug-likeness (QED) is 0.295. The van der Waals surface area contributed by atoms with Gasteiger partial charge in [-0.1, -0.05) is 40.7 Å². The SMILES string of the molecule is CC(C)CC(=O)Oc1ccc(C(C(C)C(C)OC(=O)C(C)(C)C)[C@H](N)C(=O)O)cc1OC(=O)CC(C)C. The summed E-state index contributed by atoms with van der Waals surface area (Å²) in [6.45, 7) is 16.1. The molecule has 0 aliphatic heterocycles. The molecule has 0 aliphatic carbocycles. The third kappa shape index (κ3) is 10.1. The smallest absolute Gasteiger partial charge is 0.321 e. The van der Waals surface area contributed by atoms with Gasteiger partial charge in [0.15, 0.2) is 11.5 Å². The number of carboxylic acids is 1. The summed E-state index contributed by atoms with van der Waals surface area (Å²) in [4.78, 5) is 49.2. The number of benzene rings is 1. The van der Waals surface area contributed by atoms with Gasteiger partial charge in [-0.3, -0.25) is 19.2 Å². The number of nitrogens with two attached hydrogens (primary N) is 1. The van der Waals surface area contributed by atoms with Crippen LogP contribution < -0.4 is 15.2 Å². The number of carboxylic acid groups (broad SMARTS) is 1. The summed E-state index contributed by atoms with van der Waals surface area (Å²) in [5, 5.41) is 9.74. The largest absolute Gasteiger partial charge is 0.480 e. The Morgan fingerprint density at radius 1 is 0.865 bits per heavy atom. The molecule has 1 aromatic rings. The van der Waals surface area contributed by atoms with E-state index in [-0.39, 0.29) is 36.2 Å². The van der Waals surface area contributed by atoms with Crippen LogP contribution in [0.25, 0.3) is 0 Å². The van der Waals surface area contributed by atoms with E-state index in [9.17, 15) is 24.3 Å². The van der Waals surface area contributed by atoms with Crippen molar-refractivity contribution >= 4 is 23.9 Å². The molecule has 3 N–H and O–H groups in total. The van der Waals surface area contributed by atoms with Gasteiger partial charge in [0.25, 0.3) is 0 Å². The standard InChI is InChI=1S/C28H43NO8/c1-15(2)12-22(30)36-20-11-10-19(14-21(20)37-23(31)13-16(3)4)24(25(29)26(32)33)17(5)18(6)35-27(34)28(7,8)9/h10-11,14-18,24-25H,12-13,29H2,1-9H3,(H,32,33)/t17?,18?,24?,25-/m0/s1. The van der Waals surface area contributed by atoms with Gasteiger partial charge in [-0.25, -0.2) is 0 Å². The zero-order valence-corrected chi connectivity index (χ0v) is 23.5. The fourth-order valence-corrected chi connectivity index (χ4v) is 3.63. The average Bonchev–Trinajstić information content (AvgIpc) is 2.73. The average molecular weight is 522 g/mol. The fraction of sp³-hybridized carbons (Fsp3) is 0.643. The van der Waals surface area contributed by atoms with Gasteiger partial charge >= 0.3 is 23.9 Å². The number of rotatable bonds is 12. The Morgan fingerprint density at radius 3 is 1.78 bits per heavy atom. The normalized spacial score (nSPS) is 15.0. The van der Waals surface area contributed by atoms with Gasteiger partial charge in [0.1, 0.15) is 12.1 Å². The van der Waals surface area contributed by atoms with E-state index in [1.54, 1.807) is 40.7 Å². The number of esters is 3. The molecular weight excluding hydrogens is 478 g/mol. The maximum absolute atomic E-state index is 12.5. The molecule has 0 saturated carbocycles. The summed E-state index contributed by atoms with van der Waals surface area (Å²) in [5.74, 6) is -3.87. The van der Waals surface area contributed by atoms with Crippen LogP contribution in [0.2, 0.25) is 0 Å². The summed E-state index contributed by atoms with van der Waals surface area (Å²) < 4.78 is 16.6. The van der Waals surface area contributed by atoms with Crippen molar-refractivity contribution in [3.8, 4) is 11.5 Å². The first-order valence-corrected chi connectivity index (χ1v) is 12.7. The van der Waals surface area contributed by atoms with Crippen LogP contribution >= 0.6 is 0 Å². The molecule has 0 fully saturated rings. The van der Waals surface area contributed by atoms with Crippen molar-refractivity contribution in [3.05, 3.63) is 23.8 Å². The van der Waals surface area contributed by atoms with E-state index in [2.05, 4.69) is 0 Å². The Labute approximate surface area is 220 Å². The first-order valence-electron chi connectivity index (χ1n) is 12.7. The third-order valence-electron chi connectivity index (χ3n) is 5.83. The van der Waals surface area contributed by atoms with Crippen LogP contribution in [0.4, 0.5) is 0 Å². The summed E-state index contributed by atoms with van der Waals surface area (Å²) in [6.07, 6.45) is -0.364. The predicted octanol–water partition coefficient (Wildman–Crippen LogP) is 4.70. The van der Waals surface area contributed by atoms with Crippen LogP contribution in [0.5, 0.6) is 11.5 Å². The molecular formula is C28H43NO8. The van der Waals surface area contributed by atoms with E-state index in [1.807, 2.05) is 27.7 Å². The third-order valence-corrected chi connectivity index (χ3v) is 5.83. The molecule has 9 heteroatoms. The van der Waals surface area contributed by atoms with E-state index in [4.69, 9.17) is 19.9 Å². The summed E-state index contributed by atoms with van der Waals surface area (Å²) in [5.41, 5.74) is 5.81. The van der Waals surface area contributed by atoms with Crippen LogP contribution in [0.3, 0.4) is 0 Å². The summed E-state index contributed by atoms with van der Waals surface area (Å²) in [7, 11) is 0. The molecule has 0 saturated heterocycles. The van der Waals surface area contributed by atoms with Crippen LogP contribution in [-0.2, 0) is 23.9 Å². The number of hydrogen-bond acceptors (Lipinski definition) is 8. The second-order valence-corrected chi connectivity index (χ2v) is 11.5. The second-order valence-electron chi connectivity index (χ2n) is 11.5. The van der Waals surface area contributed by atoms with Gasteiger partial charge in [-0.05, 0) is 57.2 Å². The van der Waals surface area contributed by atoms with E-state index in [0.29, 0.717) is 5.56 Å². The molecule has 0 aromatic heterocycles. The zero-order valence-electron chi connectivity index (χ0n) is 23.5. The molecule has 0 spiro atoms. The van der Waals surface area contributed by atoms with Crippen molar-refractivity contribution in [2.75, 3.05) is 0 Å². The molecule has 9 nitrogen and oxygen atoms in total. The maximum atomic E-state index is 12.5. The number of aliphatic carboxylic acids is 1. The van der Waals surface area contributed by atoms with Crippen LogP contribution in [-0.4, -0.2) is 41.1 Å². The Kier molecular flexibility index (Phi) is 11.8. The van der Waals surface area contributed by atoms with E-state index in [0.717, 1.165) is 0 Å². The van der Waals surface area contributed by atoms with E-state index in [1.165, 1.54) is 12.1 Å². The van der Waals surface area contributed by atoms with Gasteiger partial charge in [-0.2, -0.15) is 0 Å². The van der Waals surface area contributed by atoms with Gasteiger partial charge in [-0.15, -0.1) is 0 Å². The van der Waals surface area contributed by atoms with Crippen LogP contribution in [0, 0.1) is 23.2 Å². The van der Waals surface area contributed by atoms with E-state index >= 15 is 0 Å². The minimum atomic E-state index is -1.35. The number of carbonyl (C=O) groups is 4. The predicted molar refractivity (Wildman–Crippen MR) is 139 cm³/mol. The lowest BCUT2D eigenvalue weighted by atomic mass is 9.79. The van der Waals surface area contributed by atoms with Gasteiger partial charge in [0, 0.05) is 24.7 Å². The van der Waals surface area contributed by atoms with Crippen molar-refractivity contribution in [1.82, 2.24) is 0 Å². The number of hydrogen-bond donors (Lipinski definition) is 2. The highest BCUT2D eigenvalue weighted by Gasteiger charge is 2.37. The topological polar surface area (TPSA) is 142 Å². The van der Waals surface area contributed by atoms with Crippen molar-refractivity contribution in [2.45, 2.75) is 93.2 Å². The highest BCUT2D eigenvalue weighted by molar-refractivity contribution is 5.78. The number of carbonyl (C=O) groups excluding carboxylic acids is 3. The van der Waals surface area contributed by atoms with Crippen molar-refractivity contribution in [3.63, 3.8) is 0 Å². The fourth-order valence-electron chi connectivity index (χ4n) is 3.63. The molecule has 37 heavy (non-hydrogen) atoms. The molecule has 1 aromatic carbocycles. The highest BCUT2D eigenvalue weighted by Crippen LogP contribution is 2.38.